The molecular formula is C25H23FN6O3. The smallest absolute Gasteiger partial charge is 0.258 e. The van der Waals surface area contributed by atoms with Gasteiger partial charge >= 0.3 is 0 Å². The van der Waals surface area contributed by atoms with E-state index >= 15 is 0 Å². The molecule has 9 nitrogen and oxygen atoms in total. The Kier molecular flexibility index (Phi) is 7.10. The second-order valence-corrected chi connectivity index (χ2v) is 7.63. The topological polar surface area (TPSA) is 111 Å². The highest BCUT2D eigenvalue weighted by molar-refractivity contribution is 6.04. The van der Waals surface area contributed by atoms with Crippen LogP contribution in [0.2, 0.25) is 0 Å². The molecule has 35 heavy (non-hydrogen) atoms. The first kappa shape index (κ1) is 23.6. The van der Waals surface area contributed by atoms with Crippen LogP contribution in [0.4, 0.5) is 16.0 Å². The van der Waals surface area contributed by atoms with Crippen molar-refractivity contribution < 1.29 is 18.7 Å². The first-order valence-corrected chi connectivity index (χ1v) is 10.8. The number of amides is 1. The fourth-order valence-electron chi connectivity index (χ4n) is 3.16. The van der Waals surface area contributed by atoms with Gasteiger partial charge in [-0.25, -0.2) is 19.3 Å². The summed E-state index contributed by atoms with van der Waals surface area (Å²) in [6.07, 6.45) is 2.89. The molecule has 0 atom stereocenters. The summed E-state index contributed by atoms with van der Waals surface area (Å²) in [6.45, 7) is 3.80. The van der Waals surface area contributed by atoms with Crippen LogP contribution in [0.5, 0.6) is 17.4 Å². The third-order valence-corrected chi connectivity index (χ3v) is 4.67. The van der Waals surface area contributed by atoms with Gasteiger partial charge in [0.1, 0.15) is 23.6 Å². The van der Waals surface area contributed by atoms with Gasteiger partial charge in [-0.2, -0.15) is 4.98 Å². The second-order valence-electron chi connectivity index (χ2n) is 7.63. The van der Waals surface area contributed by atoms with Crippen LogP contribution < -0.4 is 20.1 Å². The molecule has 0 radical (unpaired) electrons. The fraction of sp³-hybridized carbons (Fsp3) is 0.160. The van der Waals surface area contributed by atoms with Crippen LogP contribution in [0, 0.1) is 5.82 Å². The first-order valence-electron chi connectivity index (χ1n) is 10.8. The number of nitrogens with one attached hydrogen (secondary N) is 2. The summed E-state index contributed by atoms with van der Waals surface area (Å²) in [5, 5.41) is 5.54. The van der Waals surface area contributed by atoms with E-state index in [0.717, 1.165) is 6.07 Å². The summed E-state index contributed by atoms with van der Waals surface area (Å²) in [6, 6.07) is 14.2. The monoisotopic (exact) mass is 474 g/mol. The highest BCUT2D eigenvalue weighted by atomic mass is 19.1. The Bertz CT molecular complexity index is 1350. The van der Waals surface area contributed by atoms with Gasteiger partial charge in [0.25, 0.3) is 5.91 Å². The Hall–Kier alpha value is -4.60. The summed E-state index contributed by atoms with van der Waals surface area (Å²) in [7, 11) is 1.69. The minimum Gasteiger partial charge on any atom is -0.491 e. The molecule has 0 unspecified atom stereocenters. The summed E-state index contributed by atoms with van der Waals surface area (Å²) < 4.78 is 26.1. The number of carbonyl (C=O) groups is 1. The quantitative estimate of drug-likeness (QED) is 0.369. The molecule has 0 bridgehead atoms. The normalized spacial score (nSPS) is 10.7. The van der Waals surface area contributed by atoms with Gasteiger partial charge in [0.05, 0.1) is 17.2 Å². The highest BCUT2D eigenvalue weighted by Gasteiger charge is 2.17. The Morgan fingerprint density at radius 3 is 2.66 bits per heavy atom. The zero-order valence-electron chi connectivity index (χ0n) is 19.3. The lowest BCUT2D eigenvalue weighted by atomic mass is 10.1. The molecule has 10 heteroatoms. The van der Waals surface area contributed by atoms with Gasteiger partial charge in [0.2, 0.25) is 11.8 Å². The van der Waals surface area contributed by atoms with Crippen LogP contribution in [-0.4, -0.2) is 39.0 Å². The van der Waals surface area contributed by atoms with E-state index < -0.39 is 11.7 Å². The third-order valence-electron chi connectivity index (χ3n) is 4.67. The average molecular weight is 474 g/mol. The van der Waals surface area contributed by atoms with E-state index in [1.807, 2.05) is 13.8 Å². The van der Waals surface area contributed by atoms with Gasteiger partial charge in [0, 0.05) is 25.0 Å². The number of carbonyl (C=O) groups excluding carboxylic acids is 1. The van der Waals surface area contributed by atoms with Crippen LogP contribution in [0.1, 0.15) is 24.2 Å². The van der Waals surface area contributed by atoms with Crippen molar-refractivity contribution in [3.05, 3.63) is 78.5 Å². The fourth-order valence-corrected chi connectivity index (χ4v) is 3.16. The molecule has 0 spiro atoms. The zero-order valence-corrected chi connectivity index (χ0v) is 19.3. The van der Waals surface area contributed by atoms with E-state index in [-0.39, 0.29) is 23.3 Å². The van der Waals surface area contributed by atoms with Gasteiger partial charge in [-0.3, -0.25) is 4.79 Å². The summed E-state index contributed by atoms with van der Waals surface area (Å²) in [5.74, 6) is 0.407. The summed E-state index contributed by atoms with van der Waals surface area (Å²) >= 11 is 0. The number of nitrogens with zero attached hydrogens (tertiary/aromatic N) is 4. The number of anilines is 2. The largest absolute Gasteiger partial charge is 0.491 e. The molecule has 2 aromatic carbocycles. The van der Waals surface area contributed by atoms with Crippen LogP contribution in [0.15, 0.2) is 67.1 Å². The number of aromatic nitrogens is 4. The second kappa shape index (κ2) is 10.6. The summed E-state index contributed by atoms with van der Waals surface area (Å²) in [5.41, 5.74) is 0.789. The molecule has 2 heterocycles. The van der Waals surface area contributed by atoms with E-state index in [1.54, 1.807) is 49.6 Å². The molecule has 0 aliphatic carbocycles. The molecule has 0 aliphatic rings. The van der Waals surface area contributed by atoms with Crippen molar-refractivity contribution in [1.82, 2.24) is 19.9 Å². The molecule has 0 saturated carbocycles. The number of benzene rings is 2. The van der Waals surface area contributed by atoms with Crippen molar-refractivity contribution in [2.75, 3.05) is 17.7 Å². The van der Waals surface area contributed by atoms with E-state index in [0.29, 0.717) is 28.8 Å². The molecule has 178 valence electrons. The Labute approximate surface area is 201 Å². The molecule has 0 fully saturated rings. The maximum Gasteiger partial charge on any atom is 0.258 e. The average Bonchev–Trinajstić information content (AvgIpc) is 2.85. The van der Waals surface area contributed by atoms with Gasteiger partial charge in [-0.1, -0.05) is 6.07 Å². The van der Waals surface area contributed by atoms with E-state index in [9.17, 15) is 9.18 Å². The van der Waals surface area contributed by atoms with Gasteiger partial charge in [-0.15, -0.1) is 0 Å². The van der Waals surface area contributed by atoms with Crippen molar-refractivity contribution in [1.29, 1.82) is 0 Å². The number of pyridine rings is 1. The molecule has 4 aromatic rings. The van der Waals surface area contributed by atoms with E-state index in [4.69, 9.17) is 9.47 Å². The molecule has 1 amide bonds. The lowest BCUT2D eigenvalue weighted by Crippen LogP contribution is -2.14. The zero-order chi connectivity index (χ0) is 24.8. The Morgan fingerprint density at radius 1 is 1.00 bits per heavy atom. The molecule has 4 rings (SSSR count). The van der Waals surface area contributed by atoms with Crippen LogP contribution >= 0.6 is 0 Å². The lowest BCUT2D eigenvalue weighted by Gasteiger charge is -2.13. The Morgan fingerprint density at radius 2 is 1.86 bits per heavy atom. The number of halogens is 1. The van der Waals surface area contributed by atoms with Crippen molar-refractivity contribution in [2.24, 2.45) is 0 Å². The van der Waals surface area contributed by atoms with Crippen LogP contribution in [-0.2, 0) is 0 Å². The maximum atomic E-state index is 14.5. The number of hydrogen-bond donors (Lipinski definition) is 2. The van der Waals surface area contributed by atoms with E-state index in [2.05, 4.69) is 30.6 Å². The molecule has 2 aromatic heterocycles. The standard InChI is InChI=1S/C25H23FN6O3/c1-15(2)34-17-7-4-6-16(12-17)31-23(33)20-13-18(9-10-21(20)26)35-24-19(8-5-11-28-24)22-29-14-30-25(27-3)32-22/h4-15H,1-3H3,(H,31,33)(H,27,29,30,32). The molecular weight excluding hydrogens is 451 g/mol. The number of hydrogen-bond acceptors (Lipinski definition) is 8. The molecule has 2 N–H and O–H groups in total. The molecule has 0 aliphatic heterocycles. The van der Waals surface area contributed by atoms with E-state index in [1.165, 1.54) is 18.5 Å². The number of ether oxygens (including phenoxy) is 2. The highest BCUT2D eigenvalue weighted by Crippen LogP contribution is 2.30. The van der Waals surface area contributed by atoms with Crippen molar-refractivity contribution >= 4 is 17.5 Å². The molecule has 0 saturated heterocycles. The van der Waals surface area contributed by atoms with Crippen LogP contribution in [0.3, 0.4) is 0 Å². The van der Waals surface area contributed by atoms with Crippen molar-refractivity contribution in [3.8, 4) is 28.8 Å². The van der Waals surface area contributed by atoms with Gasteiger partial charge < -0.3 is 20.1 Å². The summed E-state index contributed by atoms with van der Waals surface area (Å²) in [4.78, 5) is 29.6. The minimum absolute atomic E-state index is 0.0221. The van der Waals surface area contributed by atoms with Crippen molar-refractivity contribution in [3.63, 3.8) is 0 Å². The van der Waals surface area contributed by atoms with Gasteiger partial charge in [-0.05, 0) is 56.3 Å². The number of rotatable bonds is 8. The SMILES string of the molecule is CNc1ncnc(-c2cccnc2Oc2ccc(F)c(C(=O)Nc3cccc(OC(C)C)c3)c2)n1. The predicted octanol–water partition coefficient (Wildman–Crippen LogP) is 4.95. The minimum atomic E-state index is -0.693. The van der Waals surface area contributed by atoms with Crippen molar-refractivity contribution in [2.45, 2.75) is 20.0 Å². The maximum absolute atomic E-state index is 14.5. The first-order chi connectivity index (χ1) is 16.9. The lowest BCUT2D eigenvalue weighted by molar-refractivity contribution is 0.102. The predicted molar refractivity (Wildman–Crippen MR) is 129 cm³/mol. The van der Waals surface area contributed by atoms with Crippen LogP contribution in [0.25, 0.3) is 11.4 Å². The van der Waals surface area contributed by atoms with Gasteiger partial charge in [0.15, 0.2) is 5.82 Å². The Balaban J connectivity index is 1.57. The third kappa shape index (κ3) is 5.85.